The second-order valence-corrected chi connectivity index (χ2v) is 3.14. The molecule has 13 heavy (non-hydrogen) atoms. The molecule has 3 N–H and O–H groups in total. The summed E-state index contributed by atoms with van der Waals surface area (Å²) < 4.78 is 1.89. The molecule has 2 rings (SSSR count). The molecule has 6 heteroatoms. The molecule has 1 atom stereocenters. The first-order chi connectivity index (χ1) is 6.31. The number of fused-ring (bicyclic) bond motifs is 1. The Morgan fingerprint density at radius 2 is 2.62 bits per heavy atom. The van der Waals surface area contributed by atoms with Crippen LogP contribution in [-0.4, -0.2) is 20.7 Å². The van der Waals surface area contributed by atoms with Crippen molar-refractivity contribution in [3.05, 3.63) is 12.2 Å². The fraction of sp³-hybridized carbons (Fsp3) is 0.571. The van der Waals surface area contributed by atoms with Gasteiger partial charge in [0.15, 0.2) is 0 Å². The van der Waals surface area contributed by atoms with Gasteiger partial charge in [-0.3, -0.25) is 10.2 Å². The number of hydrogen-bond acceptors (Lipinski definition) is 4. The summed E-state index contributed by atoms with van der Waals surface area (Å²) in [4.78, 5) is 11.2. The molecule has 70 valence electrons. The lowest BCUT2D eigenvalue weighted by atomic mass is 9.99. The number of rotatable bonds is 1. The van der Waals surface area contributed by atoms with Crippen molar-refractivity contribution in [1.82, 2.24) is 20.2 Å². The maximum Gasteiger partial charge on any atom is 0.238 e. The maximum atomic E-state index is 11.2. The second-order valence-electron chi connectivity index (χ2n) is 3.14. The van der Waals surface area contributed by atoms with E-state index in [1.807, 2.05) is 4.57 Å². The van der Waals surface area contributed by atoms with Gasteiger partial charge in [0.1, 0.15) is 12.2 Å². The first kappa shape index (κ1) is 8.18. The van der Waals surface area contributed by atoms with Crippen molar-refractivity contribution in [2.75, 3.05) is 0 Å². The number of carbonyl (C=O) groups excluding carboxylic acids is 1. The summed E-state index contributed by atoms with van der Waals surface area (Å²) in [6.07, 6.45) is 3.23. The van der Waals surface area contributed by atoms with Crippen molar-refractivity contribution >= 4 is 5.91 Å². The van der Waals surface area contributed by atoms with Crippen LogP contribution in [0.4, 0.5) is 0 Å². The third-order valence-electron chi connectivity index (χ3n) is 2.34. The van der Waals surface area contributed by atoms with E-state index in [-0.39, 0.29) is 11.8 Å². The Morgan fingerprint density at radius 1 is 1.77 bits per heavy atom. The summed E-state index contributed by atoms with van der Waals surface area (Å²) in [7, 11) is 0. The van der Waals surface area contributed by atoms with Crippen molar-refractivity contribution in [2.45, 2.75) is 19.4 Å². The smallest absolute Gasteiger partial charge is 0.238 e. The molecule has 0 aromatic carbocycles. The summed E-state index contributed by atoms with van der Waals surface area (Å²) in [5, 5.41) is 7.70. The first-order valence-electron chi connectivity index (χ1n) is 4.18. The van der Waals surface area contributed by atoms with E-state index in [4.69, 9.17) is 5.84 Å². The van der Waals surface area contributed by atoms with Gasteiger partial charge >= 0.3 is 0 Å². The van der Waals surface area contributed by atoms with Crippen LogP contribution in [0.25, 0.3) is 0 Å². The van der Waals surface area contributed by atoms with Crippen molar-refractivity contribution in [3.63, 3.8) is 0 Å². The van der Waals surface area contributed by atoms with E-state index in [2.05, 4.69) is 15.6 Å². The van der Waals surface area contributed by atoms with E-state index in [1.54, 1.807) is 6.33 Å². The highest BCUT2D eigenvalue weighted by Crippen LogP contribution is 2.17. The van der Waals surface area contributed by atoms with Crippen LogP contribution in [-0.2, 0) is 17.8 Å². The highest BCUT2D eigenvalue weighted by molar-refractivity contribution is 5.78. The Balaban J connectivity index is 2.13. The summed E-state index contributed by atoms with van der Waals surface area (Å²) in [6.45, 7) is 0.630. The molecule has 1 aromatic rings. The van der Waals surface area contributed by atoms with E-state index in [1.165, 1.54) is 0 Å². The van der Waals surface area contributed by atoms with Gasteiger partial charge in [-0.25, -0.2) is 5.84 Å². The van der Waals surface area contributed by atoms with Crippen LogP contribution < -0.4 is 11.3 Å². The van der Waals surface area contributed by atoms with Crippen molar-refractivity contribution < 1.29 is 4.79 Å². The Bertz CT molecular complexity index is 320. The molecule has 2 heterocycles. The molecule has 0 saturated heterocycles. The minimum atomic E-state index is -0.112. The number of hydrazine groups is 1. The standard InChI is InChI=1S/C7H11N5O/c8-10-7(13)5-1-2-6-11-9-4-12(6)3-5/h4-5H,1-3,8H2,(H,10,13)/t5-/m0/s1. The van der Waals surface area contributed by atoms with Gasteiger partial charge in [-0.1, -0.05) is 0 Å². The predicted molar refractivity (Wildman–Crippen MR) is 44.2 cm³/mol. The van der Waals surface area contributed by atoms with E-state index in [9.17, 15) is 4.79 Å². The zero-order chi connectivity index (χ0) is 9.26. The fourth-order valence-corrected chi connectivity index (χ4v) is 1.59. The van der Waals surface area contributed by atoms with E-state index in [0.29, 0.717) is 6.54 Å². The van der Waals surface area contributed by atoms with Crippen molar-refractivity contribution in [1.29, 1.82) is 0 Å². The number of hydrogen-bond donors (Lipinski definition) is 2. The lowest BCUT2D eigenvalue weighted by Crippen LogP contribution is -2.39. The second kappa shape index (κ2) is 3.14. The molecular weight excluding hydrogens is 170 g/mol. The molecule has 0 fully saturated rings. The molecule has 0 radical (unpaired) electrons. The van der Waals surface area contributed by atoms with E-state index >= 15 is 0 Å². The highest BCUT2D eigenvalue weighted by atomic mass is 16.2. The number of nitrogens with zero attached hydrogens (tertiary/aromatic N) is 3. The molecule has 0 unspecified atom stereocenters. The number of amides is 1. The molecule has 0 aliphatic carbocycles. The molecule has 1 aliphatic heterocycles. The van der Waals surface area contributed by atoms with Gasteiger partial charge in [0.05, 0.1) is 5.92 Å². The fourth-order valence-electron chi connectivity index (χ4n) is 1.59. The topological polar surface area (TPSA) is 85.8 Å². The SMILES string of the molecule is NNC(=O)[C@H]1CCc2nncn2C1. The minimum Gasteiger partial charge on any atom is -0.317 e. The van der Waals surface area contributed by atoms with Gasteiger partial charge in [-0.05, 0) is 6.42 Å². The monoisotopic (exact) mass is 181 g/mol. The quantitative estimate of drug-likeness (QED) is 0.325. The molecule has 0 bridgehead atoms. The highest BCUT2D eigenvalue weighted by Gasteiger charge is 2.24. The largest absolute Gasteiger partial charge is 0.317 e. The number of aromatic nitrogens is 3. The van der Waals surface area contributed by atoms with Crippen LogP contribution in [0.5, 0.6) is 0 Å². The summed E-state index contributed by atoms with van der Waals surface area (Å²) in [5.74, 6) is 5.84. The number of carbonyl (C=O) groups is 1. The van der Waals surface area contributed by atoms with Crippen LogP contribution in [0, 0.1) is 5.92 Å². The molecule has 0 saturated carbocycles. The lowest BCUT2D eigenvalue weighted by Gasteiger charge is -2.20. The van der Waals surface area contributed by atoms with Gasteiger partial charge in [0.25, 0.3) is 0 Å². The normalized spacial score (nSPS) is 20.8. The van der Waals surface area contributed by atoms with Crippen LogP contribution in [0.15, 0.2) is 6.33 Å². The molecular formula is C7H11N5O. The van der Waals surface area contributed by atoms with Crippen molar-refractivity contribution in [2.24, 2.45) is 11.8 Å². The number of nitrogens with two attached hydrogens (primary N) is 1. The van der Waals surface area contributed by atoms with Gasteiger partial charge in [-0.15, -0.1) is 10.2 Å². The zero-order valence-electron chi connectivity index (χ0n) is 7.10. The molecule has 1 aliphatic rings. The molecule has 0 spiro atoms. The van der Waals surface area contributed by atoms with Gasteiger partial charge in [0, 0.05) is 13.0 Å². The molecule has 1 aromatic heterocycles. The van der Waals surface area contributed by atoms with E-state index in [0.717, 1.165) is 18.7 Å². The summed E-state index contributed by atoms with van der Waals surface area (Å²) in [6, 6.07) is 0. The van der Waals surface area contributed by atoms with Crippen LogP contribution in [0.3, 0.4) is 0 Å². The van der Waals surface area contributed by atoms with E-state index < -0.39 is 0 Å². The van der Waals surface area contributed by atoms with Gasteiger partial charge < -0.3 is 4.57 Å². The summed E-state index contributed by atoms with van der Waals surface area (Å²) in [5.41, 5.74) is 2.16. The summed E-state index contributed by atoms with van der Waals surface area (Å²) >= 11 is 0. The maximum absolute atomic E-state index is 11.2. The molecule has 6 nitrogen and oxygen atoms in total. The van der Waals surface area contributed by atoms with Crippen molar-refractivity contribution in [3.8, 4) is 0 Å². The average Bonchev–Trinajstić information content (AvgIpc) is 2.63. The minimum absolute atomic E-state index is 0.0477. The third kappa shape index (κ3) is 1.40. The van der Waals surface area contributed by atoms with Crippen LogP contribution >= 0.6 is 0 Å². The number of nitrogens with one attached hydrogen (secondary N) is 1. The van der Waals surface area contributed by atoms with Gasteiger partial charge in [-0.2, -0.15) is 0 Å². The number of aryl methyl sites for hydroxylation is 1. The van der Waals surface area contributed by atoms with Crippen LogP contribution in [0.1, 0.15) is 12.2 Å². The van der Waals surface area contributed by atoms with Gasteiger partial charge in [0.2, 0.25) is 5.91 Å². The zero-order valence-corrected chi connectivity index (χ0v) is 7.10. The average molecular weight is 181 g/mol. The predicted octanol–water partition coefficient (Wildman–Crippen LogP) is -1.17. The third-order valence-corrected chi connectivity index (χ3v) is 2.34. The molecule has 1 amide bonds. The Kier molecular flexibility index (Phi) is 1.97. The Morgan fingerprint density at radius 3 is 3.38 bits per heavy atom. The van der Waals surface area contributed by atoms with Crippen LogP contribution in [0.2, 0.25) is 0 Å². The first-order valence-corrected chi connectivity index (χ1v) is 4.18. The Labute approximate surface area is 75.1 Å². The Hall–Kier alpha value is -1.43. The lowest BCUT2D eigenvalue weighted by molar-refractivity contribution is -0.126.